The van der Waals surface area contributed by atoms with Crippen LogP contribution in [0.4, 0.5) is 11.4 Å². The number of hydrogen-bond acceptors (Lipinski definition) is 3. The SMILES string of the molecule is O=C(Nc1ccc(N(CCCl)CCCl)cc1)c1cc(-c2ccc(Cl)cc2Cl)nc2ccccc12. The van der Waals surface area contributed by atoms with Gasteiger partial charge in [0.25, 0.3) is 5.91 Å². The predicted octanol–water partition coefficient (Wildman–Crippen LogP) is 7.74. The Bertz CT molecular complexity index is 1310. The molecule has 0 aliphatic carbocycles. The Morgan fingerprint density at radius 3 is 2.26 bits per heavy atom. The van der Waals surface area contributed by atoms with Crippen molar-refractivity contribution >= 4 is 74.6 Å². The summed E-state index contributed by atoms with van der Waals surface area (Å²) in [5.41, 5.74) is 4.17. The molecular weight excluding hydrogens is 512 g/mol. The summed E-state index contributed by atoms with van der Waals surface area (Å²) in [7, 11) is 0. The van der Waals surface area contributed by atoms with Gasteiger partial charge in [0.2, 0.25) is 0 Å². The number of nitrogens with zero attached hydrogens (tertiary/aromatic N) is 2. The van der Waals surface area contributed by atoms with E-state index in [1.54, 1.807) is 24.3 Å². The molecule has 0 saturated heterocycles. The lowest BCUT2D eigenvalue weighted by Gasteiger charge is -2.23. The number of amides is 1. The van der Waals surface area contributed by atoms with Crippen molar-refractivity contribution in [3.63, 3.8) is 0 Å². The molecule has 1 N–H and O–H groups in total. The van der Waals surface area contributed by atoms with Crippen LogP contribution in [-0.2, 0) is 0 Å². The monoisotopic (exact) mass is 531 g/mol. The third-order valence-corrected chi connectivity index (χ3v) is 6.25. The molecule has 4 nitrogen and oxygen atoms in total. The molecule has 4 rings (SSSR count). The highest BCUT2D eigenvalue weighted by Gasteiger charge is 2.16. The van der Waals surface area contributed by atoms with Crippen molar-refractivity contribution < 1.29 is 4.79 Å². The molecule has 0 aliphatic heterocycles. The lowest BCUT2D eigenvalue weighted by molar-refractivity contribution is 0.102. The highest BCUT2D eigenvalue weighted by Crippen LogP contribution is 2.32. The van der Waals surface area contributed by atoms with Crippen LogP contribution in [-0.4, -0.2) is 35.7 Å². The van der Waals surface area contributed by atoms with Gasteiger partial charge >= 0.3 is 0 Å². The van der Waals surface area contributed by atoms with Gasteiger partial charge in [-0.3, -0.25) is 4.79 Å². The predicted molar refractivity (Wildman–Crippen MR) is 145 cm³/mol. The number of hydrogen-bond donors (Lipinski definition) is 1. The normalized spacial score (nSPS) is 10.9. The molecule has 3 aromatic carbocycles. The maximum Gasteiger partial charge on any atom is 0.256 e. The first-order valence-electron chi connectivity index (χ1n) is 10.6. The molecule has 4 aromatic rings. The average Bonchev–Trinajstić information content (AvgIpc) is 2.84. The molecular formula is C26H21Cl4N3O. The molecule has 0 bridgehead atoms. The Morgan fingerprint density at radius 2 is 1.59 bits per heavy atom. The van der Waals surface area contributed by atoms with Crippen LogP contribution in [0.25, 0.3) is 22.2 Å². The summed E-state index contributed by atoms with van der Waals surface area (Å²) in [6.07, 6.45) is 0. The van der Waals surface area contributed by atoms with Crippen molar-refractivity contribution in [3.8, 4) is 11.3 Å². The number of anilines is 2. The zero-order valence-electron chi connectivity index (χ0n) is 18.1. The number of benzene rings is 3. The van der Waals surface area contributed by atoms with Gasteiger partial charge in [-0.1, -0.05) is 41.4 Å². The number of aromatic nitrogens is 1. The quantitative estimate of drug-likeness (QED) is 0.236. The topological polar surface area (TPSA) is 45.2 Å². The molecule has 1 aromatic heterocycles. The zero-order chi connectivity index (χ0) is 24.1. The number of carbonyl (C=O) groups is 1. The van der Waals surface area contributed by atoms with Crippen molar-refractivity contribution in [2.45, 2.75) is 0 Å². The van der Waals surface area contributed by atoms with Gasteiger partial charge in [0.05, 0.1) is 21.8 Å². The Morgan fingerprint density at radius 1 is 0.882 bits per heavy atom. The maximum absolute atomic E-state index is 13.3. The minimum absolute atomic E-state index is 0.240. The third kappa shape index (κ3) is 5.59. The van der Waals surface area contributed by atoms with Gasteiger partial charge in [0.15, 0.2) is 0 Å². The molecule has 0 saturated carbocycles. The molecule has 174 valence electrons. The fourth-order valence-electron chi connectivity index (χ4n) is 3.73. The first-order chi connectivity index (χ1) is 16.5. The molecule has 1 amide bonds. The zero-order valence-corrected chi connectivity index (χ0v) is 21.1. The second-order valence-electron chi connectivity index (χ2n) is 7.56. The standard InChI is InChI=1S/C26H21Cl4N3O/c27-11-13-33(14-12-28)19-8-6-18(7-9-19)31-26(34)22-16-25(21-10-5-17(29)15-23(21)30)32-24-4-2-1-3-20(22)24/h1-10,15-16H,11-14H2,(H,31,34). The van der Waals surface area contributed by atoms with Crippen LogP contribution in [0.3, 0.4) is 0 Å². The van der Waals surface area contributed by atoms with E-state index >= 15 is 0 Å². The molecule has 1 heterocycles. The van der Waals surface area contributed by atoms with Gasteiger partial charge < -0.3 is 10.2 Å². The first kappa shape index (κ1) is 24.6. The molecule has 0 atom stereocenters. The van der Waals surface area contributed by atoms with E-state index in [4.69, 9.17) is 51.4 Å². The second kappa shape index (κ2) is 11.3. The van der Waals surface area contributed by atoms with Crippen LogP contribution in [0.15, 0.2) is 72.8 Å². The van der Waals surface area contributed by atoms with Crippen molar-refractivity contribution in [1.82, 2.24) is 4.98 Å². The van der Waals surface area contributed by atoms with Crippen LogP contribution in [0.2, 0.25) is 10.0 Å². The highest BCUT2D eigenvalue weighted by atomic mass is 35.5. The third-order valence-electron chi connectivity index (χ3n) is 5.37. The molecule has 34 heavy (non-hydrogen) atoms. The van der Waals surface area contributed by atoms with E-state index in [1.807, 2.05) is 48.5 Å². The number of nitrogens with one attached hydrogen (secondary N) is 1. The fourth-order valence-corrected chi connectivity index (χ4v) is 4.64. The molecule has 0 unspecified atom stereocenters. The largest absolute Gasteiger partial charge is 0.369 e. The van der Waals surface area contributed by atoms with Crippen molar-refractivity contribution in [2.75, 3.05) is 35.1 Å². The highest BCUT2D eigenvalue weighted by molar-refractivity contribution is 6.36. The number of carbonyl (C=O) groups excluding carboxylic acids is 1. The molecule has 0 radical (unpaired) electrons. The average molecular weight is 533 g/mol. The van der Waals surface area contributed by atoms with Gasteiger partial charge in [-0.25, -0.2) is 4.98 Å². The summed E-state index contributed by atoms with van der Waals surface area (Å²) in [6, 6.07) is 22.1. The van der Waals surface area contributed by atoms with Crippen LogP contribution in [0.5, 0.6) is 0 Å². The number of alkyl halides is 2. The number of para-hydroxylation sites is 1. The Balaban J connectivity index is 1.66. The van der Waals surface area contributed by atoms with E-state index in [0.717, 1.165) is 11.1 Å². The van der Waals surface area contributed by atoms with Gasteiger partial charge in [0.1, 0.15) is 0 Å². The van der Waals surface area contributed by atoms with Crippen LogP contribution in [0, 0.1) is 0 Å². The number of rotatable bonds is 8. The van der Waals surface area contributed by atoms with E-state index < -0.39 is 0 Å². The fraction of sp³-hybridized carbons (Fsp3) is 0.154. The van der Waals surface area contributed by atoms with E-state index in [0.29, 0.717) is 62.9 Å². The van der Waals surface area contributed by atoms with Gasteiger partial charge in [-0.15, -0.1) is 23.2 Å². The van der Waals surface area contributed by atoms with Crippen molar-refractivity contribution in [2.24, 2.45) is 0 Å². The molecule has 0 aliphatic rings. The minimum atomic E-state index is -0.240. The number of pyridine rings is 1. The summed E-state index contributed by atoms with van der Waals surface area (Å²) in [6.45, 7) is 1.39. The molecule has 0 spiro atoms. The first-order valence-corrected chi connectivity index (χ1v) is 12.5. The lowest BCUT2D eigenvalue weighted by Crippen LogP contribution is -2.27. The Kier molecular flexibility index (Phi) is 8.17. The van der Waals surface area contributed by atoms with Crippen LogP contribution < -0.4 is 10.2 Å². The lowest BCUT2D eigenvalue weighted by atomic mass is 10.0. The van der Waals surface area contributed by atoms with E-state index in [-0.39, 0.29) is 5.91 Å². The van der Waals surface area contributed by atoms with Gasteiger partial charge in [-0.2, -0.15) is 0 Å². The maximum atomic E-state index is 13.3. The second-order valence-corrected chi connectivity index (χ2v) is 9.16. The Labute approximate surface area is 218 Å². The molecule has 0 fully saturated rings. The van der Waals surface area contributed by atoms with Gasteiger partial charge in [-0.05, 0) is 54.6 Å². The van der Waals surface area contributed by atoms with E-state index in [9.17, 15) is 4.79 Å². The van der Waals surface area contributed by atoms with Crippen molar-refractivity contribution in [3.05, 3.63) is 88.4 Å². The summed E-state index contributed by atoms with van der Waals surface area (Å²) in [5, 5.41) is 4.74. The smallest absolute Gasteiger partial charge is 0.256 e. The minimum Gasteiger partial charge on any atom is -0.369 e. The van der Waals surface area contributed by atoms with E-state index in [2.05, 4.69) is 10.2 Å². The van der Waals surface area contributed by atoms with Crippen LogP contribution in [0.1, 0.15) is 10.4 Å². The number of fused-ring (bicyclic) bond motifs is 1. The number of halogens is 4. The summed E-state index contributed by atoms with van der Waals surface area (Å²) < 4.78 is 0. The summed E-state index contributed by atoms with van der Waals surface area (Å²) in [4.78, 5) is 20.2. The Hall–Kier alpha value is -2.50. The van der Waals surface area contributed by atoms with Crippen LogP contribution >= 0.6 is 46.4 Å². The van der Waals surface area contributed by atoms with E-state index in [1.165, 1.54) is 0 Å². The summed E-state index contributed by atoms with van der Waals surface area (Å²) in [5.74, 6) is 0.769. The van der Waals surface area contributed by atoms with Crippen molar-refractivity contribution in [1.29, 1.82) is 0 Å². The van der Waals surface area contributed by atoms with Gasteiger partial charge in [0, 0.05) is 52.2 Å². The summed E-state index contributed by atoms with van der Waals surface area (Å²) >= 11 is 24.3. The molecule has 8 heteroatoms.